The Morgan fingerprint density at radius 3 is 2.95 bits per heavy atom. The maximum atomic E-state index is 6.28. The Bertz CT molecular complexity index is 506. The molecule has 2 heterocycles. The molecule has 0 amide bonds. The summed E-state index contributed by atoms with van der Waals surface area (Å²) in [6.45, 7) is 5.39. The van der Waals surface area contributed by atoms with E-state index in [4.69, 9.17) is 16.3 Å². The van der Waals surface area contributed by atoms with Crippen molar-refractivity contribution in [1.82, 2.24) is 9.80 Å². The van der Waals surface area contributed by atoms with Crippen LogP contribution in [0.15, 0.2) is 29.3 Å². The van der Waals surface area contributed by atoms with Gasteiger partial charge in [0.05, 0.1) is 12.6 Å². The minimum atomic E-state index is 0.243. The molecule has 3 rings (SSSR count). The van der Waals surface area contributed by atoms with Gasteiger partial charge < -0.3 is 9.64 Å². The van der Waals surface area contributed by atoms with Gasteiger partial charge in [-0.1, -0.05) is 29.8 Å². The molecule has 0 bridgehead atoms. The number of ether oxygens (including phenoxy) is 1. The molecule has 0 aliphatic carbocycles. The van der Waals surface area contributed by atoms with Gasteiger partial charge in [-0.25, -0.2) is 0 Å². The van der Waals surface area contributed by atoms with Crippen LogP contribution in [0.5, 0.6) is 0 Å². The van der Waals surface area contributed by atoms with Crippen molar-refractivity contribution in [2.45, 2.75) is 12.6 Å². The molecule has 4 nitrogen and oxygen atoms in total. The van der Waals surface area contributed by atoms with E-state index in [9.17, 15) is 0 Å². The summed E-state index contributed by atoms with van der Waals surface area (Å²) >= 11 is 6.28. The van der Waals surface area contributed by atoms with Gasteiger partial charge in [-0.15, -0.1) is 0 Å². The SMILES string of the molecule is CN1CCN(Cc2ccccc2Cl)C(C2=NCCO2)C1. The van der Waals surface area contributed by atoms with Crippen LogP contribution in [0.25, 0.3) is 0 Å². The van der Waals surface area contributed by atoms with Gasteiger partial charge in [-0.3, -0.25) is 9.89 Å². The van der Waals surface area contributed by atoms with Crippen molar-refractivity contribution in [2.75, 3.05) is 39.8 Å². The number of piperazine rings is 1. The van der Waals surface area contributed by atoms with E-state index < -0.39 is 0 Å². The highest BCUT2D eigenvalue weighted by Gasteiger charge is 2.32. The lowest BCUT2D eigenvalue weighted by Gasteiger charge is -2.39. The minimum absolute atomic E-state index is 0.243. The van der Waals surface area contributed by atoms with Gasteiger partial charge in [0.15, 0.2) is 0 Å². The maximum Gasteiger partial charge on any atom is 0.202 e. The highest BCUT2D eigenvalue weighted by molar-refractivity contribution is 6.31. The van der Waals surface area contributed by atoms with Crippen molar-refractivity contribution in [3.05, 3.63) is 34.9 Å². The Labute approximate surface area is 125 Å². The van der Waals surface area contributed by atoms with Crippen LogP contribution >= 0.6 is 11.6 Å². The summed E-state index contributed by atoms with van der Waals surface area (Å²) in [5.41, 5.74) is 1.17. The molecule has 1 saturated heterocycles. The summed E-state index contributed by atoms with van der Waals surface area (Å²) in [5.74, 6) is 0.892. The summed E-state index contributed by atoms with van der Waals surface area (Å²) in [6.07, 6.45) is 0. The molecule has 1 aromatic carbocycles. The first-order chi connectivity index (χ1) is 9.74. The number of hydrogen-bond donors (Lipinski definition) is 0. The van der Waals surface area contributed by atoms with E-state index >= 15 is 0 Å². The molecule has 108 valence electrons. The fourth-order valence-electron chi connectivity index (χ4n) is 2.78. The lowest BCUT2D eigenvalue weighted by molar-refractivity contribution is 0.105. The van der Waals surface area contributed by atoms with Crippen LogP contribution in [0.3, 0.4) is 0 Å². The zero-order valence-corrected chi connectivity index (χ0v) is 12.5. The number of aliphatic imine (C=N–C) groups is 1. The Balaban J connectivity index is 1.77. The van der Waals surface area contributed by atoms with Crippen molar-refractivity contribution in [2.24, 2.45) is 4.99 Å². The average molecular weight is 294 g/mol. The number of benzene rings is 1. The Hall–Kier alpha value is -1.10. The highest BCUT2D eigenvalue weighted by atomic mass is 35.5. The first kappa shape index (κ1) is 13.9. The van der Waals surface area contributed by atoms with Crippen molar-refractivity contribution in [1.29, 1.82) is 0 Å². The first-order valence-electron chi connectivity index (χ1n) is 7.07. The minimum Gasteiger partial charge on any atom is -0.478 e. The standard InChI is InChI=1S/C15H20ClN3O/c1-18-7-8-19(10-12-4-2-3-5-13(12)16)14(11-18)15-17-6-9-20-15/h2-5,14H,6-11H2,1H3. The van der Waals surface area contributed by atoms with Gasteiger partial charge in [0.1, 0.15) is 6.61 Å². The maximum absolute atomic E-state index is 6.28. The summed E-state index contributed by atoms with van der Waals surface area (Å²) in [5, 5.41) is 0.833. The fourth-order valence-corrected chi connectivity index (χ4v) is 2.97. The first-order valence-corrected chi connectivity index (χ1v) is 7.45. The predicted molar refractivity (Wildman–Crippen MR) is 81.4 cm³/mol. The molecule has 0 saturated carbocycles. The topological polar surface area (TPSA) is 28.1 Å². The third kappa shape index (κ3) is 2.97. The average Bonchev–Trinajstić information content (AvgIpc) is 2.97. The number of likely N-dealkylation sites (N-methyl/N-ethyl adjacent to an activating group) is 1. The third-order valence-corrected chi connectivity index (χ3v) is 4.29. The molecule has 0 N–H and O–H groups in total. The van der Waals surface area contributed by atoms with Gasteiger partial charge in [0.25, 0.3) is 0 Å². The molecular weight excluding hydrogens is 274 g/mol. The summed E-state index contributed by atoms with van der Waals surface area (Å²) in [4.78, 5) is 9.25. The van der Waals surface area contributed by atoms with Gasteiger partial charge >= 0.3 is 0 Å². The lowest BCUT2D eigenvalue weighted by atomic mass is 10.1. The summed E-state index contributed by atoms with van der Waals surface area (Å²) < 4.78 is 5.69. The second kappa shape index (κ2) is 6.12. The molecule has 5 heteroatoms. The van der Waals surface area contributed by atoms with E-state index in [-0.39, 0.29) is 6.04 Å². The summed E-state index contributed by atoms with van der Waals surface area (Å²) in [6, 6.07) is 8.29. The van der Waals surface area contributed by atoms with E-state index in [0.717, 1.165) is 50.3 Å². The predicted octanol–water partition coefficient (Wildman–Crippen LogP) is 1.88. The molecule has 0 spiro atoms. The van der Waals surface area contributed by atoms with Crippen molar-refractivity contribution >= 4 is 17.5 Å². The molecule has 2 aliphatic heterocycles. The molecule has 1 fully saturated rings. The second-order valence-electron chi connectivity index (χ2n) is 5.41. The molecule has 1 unspecified atom stereocenters. The fraction of sp³-hybridized carbons (Fsp3) is 0.533. The quantitative estimate of drug-likeness (QED) is 0.852. The van der Waals surface area contributed by atoms with Crippen LogP contribution in [0.1, 0.15) is 5.56 Å². The van der Waals surface area contributed by atoms with E-state index in [1.54, 1.807) is 0 Å². The van der Waals surface area contributed by atoms with E-state index in [0.29, 0.717) is 0 Å². The van der Waals surface area contributed by atoms with Crippen LogP contribution in [-0.2, 0) is 11.3 Å². The molecule has 2 aliphatic rings. The van der Waals surface area contributed by atoms with Crippen LogP contribution in [0.2, 0.25) is 5.02 Å². The van der Waals surface area contributed by atoms with Gasteiger partial charge in [0, 0.05) is 31.2 Å². The normalized spacial score (nSPS) is 24.5. The van der Waals surface area contributed by atoms with Crippen LogP contribution in [0, 0.1) is 0 Å². The largest absolute Gasteiger partial charge is 0.478 e. The zero-order chi connectivity index (χ0) is 13.9. The van der Waals surface area contributed by atoms with Crippen molar-refractivity contribution in [3.63, 3.8) is 0 Å². The monoisotopic (exact) mass is 293 g/mol. The molecule has 1 atom stereocenters. The number of halogens is 1. The van der Waals surface area contributed by atoms with Crippen molar-refractivity contribution in [3.8, 4) is 0 Å². The van der Waals surface area contributed by atoms with E-state index in [1.165, 1.54) is 5.56 Å². The van der Waals surface area contributed by atoms with Crippen LogP contribution in [0.4, 0.5) is 0 Å². The number of hydrogen-bond acceptors (Lipinski definition) is 4. The zero-order valence-electron chi connectivity index (χ0n) is 11.8. The smallest absolute Gasteiger partial charge is 0.202 e. The molecule has 0 radical (unpaired) electrons. The van der Waals surface area contributed by atoms with Gasteiger partial charge in [0.2, 0.25) is 5.90 Å². The van der Waals surface area contributed by atoms with E-state index in [2.05, 4.69) is 27.9 Å². The molecule has 20 heavy (non-hydrogen) atoms. The van der Waals surface area contributed by atoms with Gasteiger partial charge in [-0.05, 0) is 18.7 Å². The Morgan fingerprint density at radius 2 is 2.20 bits per heavy atom. The second-order valence-corrected chi connectivity index (χ2v) is 5.82. The van der Waals surface area contributed by atoms with E-state index in [1.807, 2.05) is 18.2 Å². The highest BCUT2D eigenvalue weighted by Crippen LogP contribution is 2.21. The van der Waals surface area contributed by atoms with Crippen LogP contribution < -0.4 is 0 Å². The number of rotatable bonds is 3. The van der Waals surface area contributed by atoms with Crippen LogP contribution in [-0.4, -0.2) is 61.6 Å². The molecular formula is C15H20ClN3O. The van der Waals surface area contributed by atoms with Crippen molar-refractivity contribution < 1.29 is 4.74 Å². The Kier molecular flexibility index (Phi) is 4.24. The molecule has 0 aromatic heterocycles. The third-order valence-electron chi connectivity index (χ3n) is 3.92. The van der Waals surface area contributed by atoms with Gasteiger partial charge in [-0.2, -0.15) is 0 Å². The Morgan fingerprint density at radius 1 is 1.35 bits per heavy atom. The summed E-state index contributed by atoms with van der Waals surface area (Å²) in [7, 11) is 2.15. The molecule has 1 aromatic rings. The lowest BCUT2D eigenvalue weighted by Crippen LogP contribution is -2.54. The number of nitrogens with zero attached hydrogens (tertiary/aromatic N) is 3.